The van der Waals surface area contributed by atoms with Crippen molar-refractivity contribution in [1.82, 2.24) is 0 Å². The lowest BCUT2D eigenvalue weighted by Gasteiger charge is -2.08. The Kier molecular flexibility index (Phi) is 3.87. The van der Waals surface area contributed by atoms with Gasteiger partial charge in [-0.25, -0.2) is 0 Å². The third kappa shape index (κ3) is 3.07. The molecule has 0 aromatic heterocycles. The van der Waals surface area contributed by atoms with Gasteiger partial charge in [-0.15, -0.1) is 0 Å². The Morgan fingerprint density at radius 2 is 2.33 bits per heavy atom. The fourth-order valence-corrected chi connectivity index (χ4v) is 1.64. The third-order valence-electron chi connectivity index (χ3n) is 2.13. The minimum Gasteiger partial charge on any atom is -0.481 e. The molecule has 0 amide bonds. The number of aliphatic carboxylic acids is 1. The van der Waals surface area contributed by atoms with Gasteiger partial charge in [0.05, 0.1) is 18.4 Å². The molecule has 1 atom stereocenters. The summed E-state index contributed by atoms with van der Waals surface area (Å²) in [6, 6.07) is 7.45. The lowest BCUT2D eigenvalue weighted by molar-refractivity contribution is -0.137. The smallest absolute Gasteiger partial charge is 0.305 e. The fraction of sp³-hybridized carbons (Fsp3) is 0.273. The molecule has 0 spiro atoms. The van der Waals surface area contributed by atoms with Crippen LogP contribution in [-0.2, 0) is 4.79 Å². The van der Waals surface area contributed by atoms with Crippen molar-refractivity contribution < 1.29 is 9.90 Å². The van der Waals surface area contributed by atoms with Crippen LogP contribution >= 0.6 is 15.9 Å². The largest absolute Gasteiger partial charge is 0.481 e. The SMILES string of the molecule is Cc1ccc(C(C#N)CC(=O)O)cc1Br. The highest BCUT2D eigenvalue weighted by molar-refractivity contribution is 9.10. The second-order valence-electron chi connectivity index (χ2n) is 3.29. The van der Waals surface area contributed by atoms with Crippen LogP contribution in [0.15, 0.2) is 22.7 Å². The van der Waals surface area contributed by atoms with E-state index in [4.69, 9.17) is 10.4 Å². The van der Waals surface area contributed by atoms with Crippen molar-refractivity contribution in [1.29, 1.82) is 5.26 Å². The Hall–Kier alpha value is -1.34. The number of nitriles is 1. The molecule has 15 heavy (non-hydrogen) atoms. The second-order valence-corrected chi connectivity index (χ2v) is 4.14. The predicted octanol–water partition coefficient (Wildman–Crippen LogP) is 2.84. The summed E-state index contributed by atoms with van der Waals surface area (Å²) in [5.41, 5.74) is 1.79. The molecule has 0 heterocycles. The molecule has 1 rings (SSSR count). The van der Waals surface area contributed by atoms with Crippen LogP contribution in [0.1, 0.15) is 23.5 Å². The van der Waals surface area contributed by atoms with Gasteiger partial charge < -0.3 is 5.11 Å². The van der Waals surface area contributed by atoms with Crippen molar-refractivity contribution in [2.75, 3.05) is 0 Å². The number of carbonyl (C=O) groups is 1. The number of nitrogens with zero attached hydrogens (tertiary/aromatic N) is 1. The van der Waals surface area contributed by atoms with Gasteiger partial charge in [-0.3, -0.25) is 4.79 Å². The molecule has 0 aliphatic heterocycles. The van der Waals surface area contributed by atoms with Crippen molar-refractivity contribution in [3.05, 3.63) is 33.8 Å². The van der Waals surface area contributed by atoms with Gasteiger partial charge >= 0.3 is 5.97 Å². The number of halogens is 1. The topological polar surface area (TPSA) is 61.1 Å². The van der Waals surface area contributed by atoms with Gasteiger partial charge in [0.15, 0.2) is 0 Å². The minimum absolute atomic E-state index is 0.161. The lowest BCUT2D eigenvalue weighted by atomic mass is 9.96. The molecule has 1 aromatic rings. The van der Waals surface area contributed by atoms with Crippen molar-refractivity contribution in [3.8, 4) is 6.07 Å². The molecule has 0 aliphatic carbocycles. The van der Waals surface area contributed by atoms with Crippen LogP contribution in [0, 0.1) is 18.3 Å². The van der Waals surface area contributed by atoms with Crippen molar-refractivity contribution in [2.45, 2.75) is 19.3 Å². The highest BCUT2D eigenvalue weighted by Gasteiger charge is 2.15. The van der Waals surface area contributed by atoms with Crippen molar-refractivity contribution >= 4 is 21.9 Å². The Morgan fingerprint density at radius 1 is 1.67 bits per heavy atom. The zero-order valence-electron chi connectivity index (χ0n) is 8.20. The zero-order chi connectivity index (χ0) is 11.4. The number of benzene rings is 1. The van der Waals surface area contributed by atoms with E-state index >= 15 is 0 Å². The fourth-order valence-electron chi connectivity index (χ4n) is 1.24. The molecule has 0 saturated carbocycles. The maximum absolute atomic E-state index is 10.5. The number of hydrogen-bond donors (Lipinski definition) is 1. The first-order valence-corrected chi connectivity index (χ1v) is 5.21. The van der Waals surface area contributed by atoms with E-state index in [0.717, 1.165) is 15.6 Å². The number of hydrogen-bond acceptors (Lipinski definition) is 2. The Balaban J connectivity index is 2.98. The van der Waals surface area contributed by atoms with Crippen LogP contribution in [-0.4, -0.2) is 11.1 Å². The van der Waals surface area contributed by atoms with Gasteiger partial charge in [0, 0.05) is 4.47 Å². The Bertz CT molecular complexity index is 423. The van der Waals surface area contributed by atoms with Gasteiger partial charge in [0.2, 0.25) is 0 Å². The predicted molar refractivity (Wildman–Crippen MR) is 59.5 cm³/mol. The van der Waals surface area contributed by atoms with Gasteiger partial charge in [0.1, 0.15) is 0 Å². The molecule has 3 nitrogen and oxygen atoms in total. The molecule has 0 bridgehead atoms. The van der Waals surface area contributed by atoms with Crippen LogP contribution in [0.5, 0.6) is 0 Å². The first kappa shape index (κ1) is 11.7. The highest BCUT2D eigenvalue weighted by Crippen LogP contribution is 2.24. The summed E-state index contributed by atoms with van der Waals surface area (Å²) in [7, 11) is 0. The number of aryl methyl sites for hydroxylation is 1. The molecule has 1 unspecified atom stereocenters. The van der Waals surface area contributed by atoms with E-state index < -0.39 is 11.9 Å². The summed E-state index contributed by atoms with van der Waals surface area (Å²) in [4.78, 5) is 10.5. The quantitative estimate of drug-likeness (QED) is 0.916. The molecule has 0 fully saturated rings. The molecule has 4 heteroatoms. The van der Waals surface area contributed by atoms with E-state index in [0.29, 0.717) is 0 Å². The van der Waals surface area contributed by atoms with Crippen LogP contribution < -0.4 is 0 Å². The third-order valence-corrected chi connectivity index (χ3v) is 2.99. The molecule has 1 aromatic carbocycles. The van der Waals surface area contributed by atoms with E-state index in [1.165, 1.54) is 0 Å². The van der Waals surface area contributed by atoms with Gasteiger partial charge in [-0.2, -0.15) is 5.26 Å². The summed E-state index contributed by atoms with van der Waals surface area (Å²) in [6.45, 7) is 1.94. The Labute approximate surface area is 96.5 Å². The van der Waals surface area contributed by atoms with Crippen LogP contribution in [0.2, 0.25) is 0 Å². The van der Waals surface area contributed by atoms with E-state index in [1.807, 2.05) is 19.1 Å². The van der Waals surface area contributed by atoms with Crippen LogP contribution in [0.3, 0.4) is 0 Å². The van der Waals surface area contributed by atoms with E-state index in [2.05, 4.69) is 15.9 Å². The van der Waals surface area contributed by atoms with Crippen molar-refractivity contribution in [2.24, 2.45) is 0 Å². The highest BCUT2D eigenvalue weighted by atomic mass is 79.9. The average Bonchev–Trinajstić information content (AvgIpc) is 2.18. The molecule has 0 radical (unpaired) electrons. The molecular weight excluding hydrogens is 258 g/mol. The molecule has 0 saturated heterocycles. The van der Waals surface area contributed by atoms with Gasteiger partial charge in [-0.05, 0) is 24.1 Å². The van der Waals surface area contributed by atoms with E-state index in [1.54, 1.807) is 12.1 Å². The molecule has 0 aliphatic rings. The zero-order valence-corrected chi connectivity index (χ0v) is 9.78. The lowest BCUT2D eigenvalue weighted by Crippen LogP contribution is -2.04. The monoisotopic (exact) mass is 267 g/mol. The summed E-state index contributed by atoms with van der Waals surface area (Å²) in [5, 5.41) is 17.5. The van der Waals surface area contributed by atoms with Gasteiger partial charge in [0.25, 0.3) is 0 Å². The molecular formula is C11H10BrNO2. The summed E-state index contributed by atoms with van der Waals surface area (Å²) in [5.74, 6) is -1.54. The number of carboxylic acid groups (broad SMARTS) is 1. The standard InChI is InChI=1S/C11H10BrNO2/c1-7-2-3-8(4-10(7)12)9(6-13)5-11(14)15/h2-4,9H,5H2,1H3,(H,14,15). The minimum atomic E-state index is -0.960. The first-order chi connectivity index (χ1) is 7.04. The summed E-state index contributed by atoms with van der Waals surface area (Å²) < 4.78 is 0.894. The maximum Gasteiger partial charge on any atom is 0.305 e. The van der Waals surface area contributed by atoms with Gasteiger partial charge in [-0.1, -0.05) is 28.1 Å². The summed E-state index contributed by atoms with van der Waals surface area (Å²) >= 11 is 3.35. The molecule has 78 valence electrons. The van der Waals surface area contributed by atoms with Crippen molar-refractivity contribution in [3.63, 3.8) is 0 Å². The average molecular weight is 268 g/mol. The maximum atomic E-state index is 10.5. The van der Waals surface area contributed by atoms with Crippen LogP contribution in [0.25, 0.3) is 0 Å². The van der Waals surface area contributed by atoms with Crippen LogP contribution in [0.4, 0.5) is 0 Å². The number of carboxylic acids is 1. The Morgan fingerprint density at radius 3 is 2.80 bits per heavy atom. The number of rotatable bonds is 3. The first-order valence-electron chi connectivity index (χ1n) is 4.42. The normalized spacial score (nSPS) is 11.8. The van der Waals surface area contributed by atoms with E-state index in [9.17, 15) is 4.79 Å². The van der Waals surface area contributed by atoms with E-state index in [-0.39, 0.29) is 6.42 Å². The molecule has 1 N–H and O–H groups in total. The summed E-state index contributed by atoms with van der Waals surface area (Å²) in [6.07, 6.45) is -0.161. The second kappa shape index (κ2) is 4.94.